The van der Waals surface area contributed by atoms with Crippen LogP contribution in [0.2, 0.25) is 0 Å². The minimum Gasteiger partial charge on any atom is -0.462 e. The molecule has 51 nitrogen and oxygen atoms in total. The van der Waals surface area contributed by atoms with Crippen LogP contribution in [-0.4, -0.2) is 224 Å². The van der Waals surface area contributed by atoms with E-state index in [4.69, 9.17) is 87.0 Å². The van der Waals surface area contributed by atoms with Gasteiger partial charge in [-0.1, -0.05) is 77.4 Å². The van der Waals surface area contributed by atoms with Gasteiger partial charge in [0.15, 0.2) is 16.9 Å². The summed E-state index contributed by atoms with van der Waals surface area (Å²) >= 11 is 0. The fourth-order valence-electron chi connectivity index (χ4n) is 12.6. The monoisotopic (exact) mass is 1830 g/mol. The molecule has 127 heavy (non-hydrogen) atoms. The molecular weight excluding hydrogens is 1730 g/mol. The standard InChI is InChI=1S/3C24H32N9O8P.CH4/c3*1-13(2)39-23(35)14(3)31-42(36,41-15-8-6-5-7-9-15)38-11-17-20(34)19(30-32-26)22(40-17)33-12-27-18-16(10-37-4)28-24(25)29-21(18)33;/h3*5-9,12-14,17,19-20,22,34H,10-11H2,1-4H3,(H,31,36)(H2,25,28,29);1H4/t14-,17+,19+,20+,22+,42?;14-,17+,19+,20+,22+,42+;14-,17+,19+,20+,22+,42-;/m000./s1. The van der Waals surface area contributed by atoms with Crippen molar-refractivity contribution < 1.29 is 113 Å². The molecule has 686 valence electrons. The van der Waals surface area contributed by atoms with E-state index in [1.807, 2.05) is 0 Å². The lowest BCUT2D eigenvalue weighted by molar-refractivity contribution is -0.150. The van der Waals surface area contributed by atoms with Crippen molar-refractivity contribution >= 4 is 92.5 Å². The molecule has 6 aromatic heterocycles. The van der Waals surface area contributed by atoms with Gasteiger partial charge >= 0.3 is 41.1 Å². The molecule has 3 aliphatic heterocycles. The number of azide groups is 3. The van der Waals surface area contributed by atoms with E-state index in [1.165, 1.54) is 74.8 Å². The van der Waals surface area contributed by atoms with Crippen LogP contribution in [0.25, 0.3) is 64.8 Å². The number of carbonyl (C=O) groups excluding carboxylic acids is 3. The number of aromatic nitrogens is 12. The normalized spacial score (nSPS) is 22.3. The highest BCUT2D eigenvalue weighted by Gasteiger charge is 2.50. The number of para-hydroxylation sites is 3. The number of nitrogens with zero attached hydrogens (tertiary/aromatic N) is 21. The summed E-state index contributed by atoms with van der Waals surface area (Å²) in [6, 6.07) is 17.8. The maximum atomic E-state index is 13.8. The second-order valence-electron chi connectivity index (χ2n) is 28.7. The number of esters is 3. The molecule has 0 bridgehead atoms. The number of hydrogen-bond donors (Lipinski definition) is 9. The first kappa shape index (κ1) is 99.3. The average molecular weight is 1830 g/mol. The predicted molar refractivity (Wildman–Crippen MR) is 450 cm³/mol. The van der Waals surface area contributed by atoms with Gasteiger partial charge < -0.3 is 88.7 Å². The molecule has 12 N–H and O–H groups in total. The molecule has 9 aromatic rings. The van der Waals surface area contributed by atoms with Gasteiger partial charge in [0.1, 0.15) is 107 Å². The van der Waals surface area contributed by atoms with Gasteiger partial charge in [-0.05, 0) is 115 Å². The van der Waals surface area contributed by atoms with Gasteiger partial charge in [0.25, 0.3) is 0 Å². The second kappa shape index (κ2) is 45.3. The number of imidazole rings is 3. The Morgan fingerprint density at radius 2 is 0.685 bits per heavy atom. The molecule has 3 saturated heterocycles. The molecule has 18 atom stereocenters. The van der Waals surface area contributed by atoms with Gasteiger partial charge in [-0.3, -0.25) is 41.7 Å². The summed E-state index contributed by atoms with van der Waals surface area (Å²) in [6.07, 6.45) is -8.06. The number of carbonyl (C=O) groups is 3. The number of rotatable bonds is 39. The number of aliphatic hydroxyl groups is 3. The van der Waals surface area contributed by atoms with Crippen LogP contribution in [0.4, 0.5) is 17.8 Å². The Hall–Kier alpha value is -11.5. The lowest BCUT2D eigenvalue weighted by Crippen LogP contribution is -2.37. The number of hydrogen-bond acceptors (Lipinski definition) is 39. The van der Waals surface area contributed by atoms with Crippen LogP contribution in [0.5, 0.6) is 17.2 Å². The average Bonchev–Trinajstić information content (AvgIpc) is 1.62. The van der Waals surface area contributed by atoms with Gasteiger partial charge in [-0.15, -0.1) is 0 Å². The highest BCUT2D eigenvalue weighted by molar-refractivity contribution is 7.52. The largest absolute Gasteiger partial charge is 0.462 e. The Kier molecular flexibility index (Phi) is 35.4. The zero-order valence-corrected chi connectivity index (χ0v) is 72.6. The molecule has 9 heterocycles. The Labute approximate surface area is 725 Å². The van der Waals surface area contributed by atoms with E-state index < -0.39 is 171 Å². The quantitative estimate of drug-likeness (QED) is 0.00435. The highest BCUT2D eigenvalue weighted by Crippen LogP contribution is 2.50. The number of benzene rings is 3. The molecule has 0 amide bonds. The minimum absolute atomic E-state index is 0. The molecule has 12 rings (SSSR count). The Morgan fingerprint density at radius 3 is 0.906 bits per heavy atom. The number of methoxy groups -OCH3 is 3. The molecule has 1 unspecified atom stereocenters. The number of ether oxygens (including phenoxy) is 9. The lowest BCUT2D eigenvalue weighted by Gasteiger charge is -2.25. The van der Waals surface area contributed by atoms with Gasteiger partial charge in [-0.2, -0.15) is 30.2 Å². The van der Waals surface area contributed by atoms with E-state index in [0.29, 0.717) is 33.6 Å². The predicted octanol–water partition coefficient (Wildman–Crippen LogP) is 8.51. The summed E-state index contributed by atoms with van der Waals surface area (Å²) in [6.45, 7) is 13.3. The first-order chi connectivity index (χ1) is 60.1. The van der Waals surface area contributed by atoms with E-state index >= 15 is 0 Å². The lowest BCUT2D eigenvalue weighted by atomic mass is 10.1. The Balaban J connectivity index is 0.000000214. The number of anilines is 3. The second-order valence-corrected chi connectivity index (χ2v) is 33.8. The van der Waals surface area contributed by atoms with E-state index in [9.17, 15) is 60.0 Å². The summed E-state index contributed by atoms with van der Waals surface area (Å²) in [5, 5.41) is 52.0. The number of nitrogens with one attached hydrogen (secondary N) is 3. The first-order valence-electron chi connectivity index (χ1n) is 38.6. The first-order valence-corrected chi connectivity index (χ1v) is 43.3. The molecule has 54 heteroatoms. The minimum atomic E-state index is -4.26. The molecule has 0 aliphatic carbocycles. The van der Waals surface area contributed by atoms with Crippen molar-refractivity contribution in [3.05, 3.63) is 158 Å². The molecule has 3 aliphatic rings. The third-order valence-corrected chi connectivity index (χ3v) is 23.0. The van der Waals surface area contributed by atoms with Crippen LogP contribution < -0.4 is 46.0 Å². The fourth-order valence-corrected chi connectivity index (χ4v) is 17.1. The zero-order valence-electron chi connectivity index (χ0n) is 69.9. The summed E-state index contributed by atoms with van der Waals surface area (Å²) in [5.41, 5.74) is 48.4. The molecule has 3 aromatic carbocycles. The maximum Gasteiger partial charge on any atom is 0.459 e. The van der Waals surface area contributed by atoms with Crippen LogP contribution in [0.15, 0.2) is 125 Å². The van der Waals surface area contributed by atoms with Crippen LogP contribution in [0.3, 0.4) is 0 Å². The van der Waals surface area contributed by atoms with E-state index in [2.05, 4.69) is 90.2 Å². The summed E-state index contributed by atoms with van der Waals surface area (Å²) in [7, 11) is -8.33. The van der Waals surface area contributed by atoms with Crippen LogP contribution in [0, 0.1) is 0 Å². The van der Waals surface area contributed by atoms with Crippen LogP contribution in [0.1, 0.15) is 106 Å². The Bertz CT molecular complexity index is 4980. The smallest absolute Gasteiger partial charge is 0.459 e. The molecule has 0 spiro atoms. The summed E-state index contributed by atoms with van der Waals surface area (Å²) in [4.78, 5) is 83.9. The molecule has 0 radical (unpaired) electrons. The summed E-state index contributed by atoms with van der Waals surface area (Å²) in [5.74, 6) is -1.58. The van der Waals surface area contributed by atoms with Crippen molar-refractivity contribution in [2.45, 2.75) is 199 Å². The van der Waals surface area contributed by atoms with Crippen molar-refractivity contribution in [3.8, 4) is 17.2 Å². The van der Waals surface area contributed by atoms with Crippen molar-refractivity contribution in [2.24, 2.45) is 15.3 Å². The van der Waals surface area contributed by atoms with E-state index in [1.54, 1.807) is 133 Å². The van der Waals surface area contributed by atoms with Gasteiger partial charge in [-0.25, -0.2) is 43.6 Å². The molecule has 0 saturated carbocycles. The highest BCUT2D eigenvalue weighted by atomic mass is 31.2. The van der Waals surface area contributed by atoms with Gasteiger partial charge in [0.2, 0.25) is 17.8 Å². The maximum absolute atomic E-state index is 13.8. The van der Waals surface area contributed by atoms with Crippen LogP contribution in [-0.2, 0) is 104 Å². The van der Waals surface area contributed by atoms with Crippen molar-refractivity contribution in [1.29, 1.82) is 0 Å². The summed E-state index contributed by atoms with van der Waals surface area (Å²) < 4.78 is 129. The fraction of sp³-hybridized carbons (Fsp3) is 0.507. The third-order valence-electron chi connectivity index (χ3n) is 18.1. The molecule has 3 fully saturated rings. The zero-order chi connectivity index (χ0) is 91.3. The number of aliphatic hydroxyl groups excluding tert-OH is 3. The third kappa shape index (κ3) is 25.7. The van der Waals surface area contributed by atoms with Gasteiger partial charge in [0, 0.05) is 36.1 Å². The van der Waals surface area contributed by atoms with E-state index in [0.717, 1.165) is 0 Å². The van der Waals surface area contributed by atoms with Crippen molar-refractivity contribution in [2.75, 3.05) is 58.4 Å². The molecular formula is C73H100N27O24P3. The SMILES string of the molecule is C.COCc1nc(N)nc2c1ncn2[C@@H]1O[C@H](COP(=O)(N[C@@H](C)C(=O)OC(C)C)Oc2ccccc2)[C@@H](O)[C@H]1N=[N+]=[N-].COCc1nc(N)nc2c1ncn2[C@@H]1O[C@H](CO[P@@](=O)(N[C@@H](C)C(=O)OC(C)C)Oc2ccccc2)[C@@H](O)[C@H]1N=[N+]=[N-].COCc1nc(N)nc2c1ncn2[C@@H]1O[C@H](CO[P@](=O)(N[C@@H](C)C(=O)OC(C)C)Oc2ccccc2)[C@@H](O)[C@H]1N=[N+]=[N-]. The topological polar surface area (TPSA) is 693 Å². The van der Waals surface area contributed by atoms with Crippen molar-refractivity contribution in [3.63, 3.8) is 0 Å². The number of fused-ring (bicyclic) bond motifs is 3. The van der Waals surface area contributed by atoms with Gasteiger partial charge in [0.05, 0.1) is 112 Å². The van der Waals surface area contributed by atoms with Crippen molar-refractivity contribution in [1.82, 2.24) is 73.8 Å². The number of nitrogen functional groups attached to an aromatic ring is 3. The van der Waals surface area contributed by atoms with E-state index in [-0.39, 0.29) is 79.3 Å². The Morgan fingerprint density at radius 1 is 0.441 bits per heavy atom. The van der Waals surface area contributed by atoms with Crippen LogP contribution >= 0.6 is 23.2 Å². The number of nitrogens with two attached hydrogens (primary N) is 3.